The third-order valence-electron chi connectivity index (χ3n) is 3.94. The van der Waals surface area contributed by atoms with Crippen molar-refractivity contribution in [2.24, 2.45) is 0 Å². The summed E-state index contributed by atoms with van der Waals surface area (Å²) in [5, 5.41) is 3.57. The van der Waals surface area contributed by atoms with Crippen LogP contribution in [0.25, 0.3) is 0 Å². The molecule has 1 saturated heterocycles. The largest absolute Gasteiger partial charge is 0.381 e. The predicted molar refractivity (Wildman–Crippen MR) is 69.3 cm³/mol. The zero-order valence-electron chi connectivity index (χ0n) is 10.00. The second-order valence-corrected chi connectivity index (χ2v) is 4.93. The molecule has 1 aromatic rings. The van der Waals surface area contributed by atoms with E-state index in [2.05, 4.69) is 35.3 Å². The number of hydrogen-bond acceptors (Lipinski definition) is 2. The molecule has 2 heterocycles. The molecule has 0 amide bonds. The van der Waals surface area contributed by atoms with Gasteiger partial charge in [0.15, 0.2) is 0 Å². The number of rotatable bonds is 1. The van der Waals surface area contributed by atoms with Crippen LogP contribution < -0.4 is 10.2 Å². The first kappa shape index (κ1) is 10.0. The van der Waals surface area contributed by atoms with Gasteiger partial charge in [0.1, 0.15) is 0 Å². The van der Waals surface area contributed by atoms with Gasteiger partial charge < -0.3 is 10.2 Å². The van der Waals surface area contributed by atoms with Crippen LogP contribution in [0.2, 0.25) is 0 Å². The van der Waals surface area contributed by atoms with Gasteiger partial charge in [0.2, 0.25) is 0 Å². The lowest BCUT2D eigenvalue weighted by Gasteiger charge is -2.42. The van der Waals surface area contributed by atoms with Crippen molar-refractivity contribution in [3.8, 4) is 0 Å². The molecule has 0 saturated carbocycles. The third kappa shape index (κ3) is 1.57. The zero-order valence-corrected chi connectivity index (χ0v) is 10.00. The van der Waals surface area contributed by atoms with Gasteiger partial charge in [0.25, 0.3) is 0 Å². The first-order chi connectivity index (χ1) is 7.88. The van der Waals surface area contributed by atoms with Crippen LogP contribution in [0.3, 0.4) is 0 Å². The molecule has 0 aromatic heterocycles. The van der Waals surface area contributed by atoms with Crippen LogP contribution in [-0.4, -0.2) is 19.1 Å². The Morgan fingerprint density at radius 1 is 1.38 bits per heavy atom. The van der Waals surface area contributed by atoms with Crippen LogP contribution in [0.5, 0.6) is 0 Å². The number of aryl methyl sites for hydroxylation is 1. The molecule has 0 radical (unpaired) electrons. The molecule has 2 heteroatoms. The van der Waals surface area contributed by atoms with E-state index in [1.807, 2.05) is 0 Å². The molecule has 1 atom stereocenters. The Bertz CT molecular complexity index is 386. The quantitative estimate of drug-likeness (QED) is 0.776. The number of piperidine rings is 1. The van der Waals surface area contributed by atoms with E-state index in [0.29, 0.717) is 0 Å². The lowest BCUT2D eigenvalue weighted by atomic mass is 9.97. The molecule has 2 aliphatic rings. The van der Waals surface area contributed by atoms with Gasteiger partial charge in [-0.05, 0) is 43.4 Å². The first-order valence-corrected chi connectivity index (χ1v) is 6.52. The van der Waals surface area contributed by atoms with Gasteiger partial charge in [0, 0.05) is 19.1 Å². The Kier molecular flexibility index (Phi) is 2.50. The van der Waals surface area contributed by atoms with E-state index in [1.165, 1.54) is 42.7 Å². The van der Waals surface area contributed by atoms with Gasteiger partial charge in [-0.15, -0.1) is 0 Å². The van der Waals surface area contributed by atoms with Crippen LogP contribution >= 0.6 is 0 Å². The number of nitrogens with zero attached hydrogens (tertiary/aromatic N) is 1. The van der Waals surface area contributed by atoms with Crippen molar-refractivity contribution in [1.29, 1.82) is 0 Å². The van der Waals surface area contributed by atoms with Crippen molar-refractivity contribution in [2.45, 2.75) is 38.6 Å². The van der Waals surface area contributed by atoms with Crippen LogP contribution in [0, 0.1) is 0 Å². The Morgan fingerprint density at radius 3 is 3.19 bits per heavy atom. The van der Waals surface area contributed by atoms with Crippen molar-refractivity contribution < 1.29 is 0 Å². The minimum absolute atomic E-state index is 0.730. The average Bonchev–Trinajstić information content (AvgIpc) is 2.38. The number of benzene rings is 1. The molecule has 0 spiro atoms. The number of nitrogens with one attached hydrogen (secondary N) is 1. The number of anilines is 2. The Morgan fingerprint density at radius 2 is 2.31 bits per heavy atom. The maximum atomic E-state index is 3.57. The lowest BCUT2D eigenvalue weighted by Crippen LogP contribution is -2.47. The van der Waals surface area contributed by atoms with Crippen molar-refractivity contribution in [3.05, 3.63) is 23.8 Å². The SMILES string of the molecule is CCc1ccc2c(c1)N1CCCCC1CN2. The van der Waals surface area contributed by atoms with Crippen LogP contribution in [0.15, 0.2) is 18.2 Å². The van der Waals surface area contributed by atoms with Crippen molar-refractivity contribution in [1.82, 2.24) is 0 Å². The molecule has 1 fully saturated rings. The highest BCUT2D eigenvalue weighted by Gasteiger charge is 2.27. The molecule has 1 N–H and O–H groups in total. The van der Waals surface area contributed by atoms with Crippen LogP contribution in [0.1, 0.15) is 31.7 Å². The summed E-state index contributed by atoms with van der Waals surface area (Å²) in [5.74, 6) is 0. The number of fused-ring (bicyclic) bond motifs is 3. The highest BCUT2D eigenvalue weighted by atomic mass is 15.2. The summed E-state index contributed by atoms with van der Waals surface area (Å²) in [6.07, 6.45) is 5.23. The second-order valence-electron chi connectivity index (χ2n) is 4.93. The zero-order chi connectivity index (χ0) is 11.0. The van der Waals surface area contributed by atoms with E-state index >= 15 is 0 Å². The maximum Gasteiger partial charge on any atom is 0.0607 e. The normalized spacial score (nSPS) is 23.3. The lowest BCUT2D eigenvalue weighted by molar-refractivity contribution is 0.466. The smallest absolute Gasteiger partial charge is 0.0607 e. The van der Waals surface area contributed by atoms with E-state index in [9.17, 15) is 0 Å². The van der Waals surface area contributed by atoms with E-state index < -0.39 is 0 Å². The molecule has 1 unspecified atom stereocenters. The molecular weight excluding hydrogens is 196 g/mol. The minimum atomic E-state index is 0.730. The number of hydrogen-bond donors (Lipinski definition) is 1. The van der Waals surface area contributed by atoms with Crippen LogP contribution in [-0.2, 0) is 6.42 Å². The molecule has 2 nitrogen and oxygen atoms in total. The summed E-state index contributed by atoms with van der Waals surface area (Å²) in [6, 6.07) is 7.60. The van der Waals surface area contributed by atoms with Gasteiger partial charge in [-0.25, -0.2) is 0 Å². The monoisotopic (exact) mass is 216 g/mol. The van der Waals surface area contributed by atoms with E-state index in [4.69, 9.17) is 0 Å². The standard InChI is InChI=1S/C14H20N2/c1-2-11-6-7-13-14(9-11)16-8-4-3-5-12(16)10-15-13/h6-7,9,12,15H,2-5,8,10H2,1H3. The van der Waals surface area contributed by atoms with Crippen molar-refractivity contribution in [3.63, 3.8) is 0 Å². The molecule has 86 valence electrons. The van der Waals surface area contributed by atoms with E-state index in [1.54, 1.807) is 0 Å². The summed E-state index contributed by atoms with van der Waals surface area (Å²) < 4.78 is 0. The molecule has 0 bridgehead atoms. The summed E-state index contributed by atoms with van der Waals surface area (Å²) in [4.78, 5) is 2.62. The summed E-state index contributed by atoms with van der Waals surface area (Å²) >= 11 is 0. The van der Waals surface area contributed by atoms with Gasteiger partial charge >= 0.3 is 0 Å². The topological polar surface area (TPSA) is 15.3 Å². The van der Waals surface area contributed by atoms with Crippen LogP contribution in [0.4, 0.5) is 11.4 Å². The highest BCUT2D eigenvalue weighted by Crippen LogP contribution is 2.35. The summed E-state index contributed by atoms with van der Waals surface area (Å²) in [7, 11) is 0. The fourth-order valence-corrected chi connectivity index (χ4v) is 2.94. The Labute approximate surface area is 97.6 Å². The van der Waals surface area contributed by atoms with Gasteiger partial charge in [-0.3, -0.25) is 0 Å². The molecular formula is C14H20N2. The molecule has 0 aliphatic carbocycles. The fraction of sp³-hybridized carbons (Fsp3) is 0.571. The molecule has 1 aromatic carbocycles. The highest BCUT2D eigenvalue weighted by molar-refractivity contribution is 5.73. The average molecular weight is 216 g/mol. The Balaban J connectivity index is 1.98. The third-order valence-corrected chi connectivity index (χ3v) is 3.94. The van der Waals surface area contributed by atoms with Gasteiger partial charge in [-0.1, -0.05) is 13.0 Å². The Hall–Kier alpha value is -1.18. The van der Waals surface area contributed by atoms with Gasteiger partial charge in [0.05, 0.1) is 11.4 Å². The minimum Gasteiger partial charge on any atom is -0.381 e. The predicted octanol–water partition coefficient (Wildman–Crippen LogP) is 3.03. The fourth-order valence-electron chi connectivity index (χ4n) is 2.94. The van der Waals surface area contributed by atoms with Crippen molar-refractivity contribution in [2.75, 3.05) is 23.3 Å². The summed E-state index contributed by atoms with van der Waals surface area (Å²) in [6.45, 7) is 4.59. The molecule has 16 heavy (non-hydrogen) atoms. The van der Waals surface area contributed by atoms with Crippen molar-refractivity contribution >= 4 is 11.4 Å². The first-order valence-electron chi connectivity index (χ1n) is 6.52. The summed E-state index contributed by atoms with van der Waals surface area (Å²) in [5.41, 5.74) is 4.22. The molecule has 3 rings (SSSR count). The second kappa shape index (κ2) is 4.00. The molecule has 2 aliphatic heterocycles. The van der Waals surface area contributed by atoms with E-state index in [-0.39, 0.29) is 0 Å². The van der Waals surface area contributed by atoms with Gasteiger partial charge in [-0.2, -0.15) is 0 Å². The van der Waals surface area contributed by atoms with E-state index in [0.717, 1.165) is 19.0 Å². The maximum absolute atomic E-state index is 3.57.